The number of guanidine groups is 1. The number of hydrogen-bond acceptors (Lipinski definition) is 15. The number of halogens is 1. The topological polar surface area (TPSA) is 214 Å². The number of aliphatic imine (C=N–C) groups is 2. The third kappa shape index (κ3) is 14.6. The fourth-order valence-electron chi connectivity index (χ4n) is 17.7. The minimum Gasteiger partial charge on any atom is -0.493 e. The van der Waals surface area contributed by atoms with Crippen LogP contribution in [0, 0.1) is 34.0 Å². The number of ether oxygens (including phenoxy) is 6. The Morgan fingerprint density at radius 1 is 0.550 bits per heavy atom. The highest BCUT2D eigenvalue weighted by molar-refractivity contribution is 9.09. The third-order valence-corrected chi connectivity index (χ3v) is 27.1. The number of thioether (sulfide) groups is 1. The molecule has 7 unspecified atom stereocenters. The molecule has 0 bridgehead atoms. The Labute approximate surface area is 615 Å². The molecule has 6 spiro atoms. The molecule has 20 heteroatoms. The van der Waals surface area contributed by atoms with Crippen molar-refractivity contribution in [2.24, 2.45) is 55.5 Å². The number of hydrogen-bond donors (Lipinski definition) is 4. The predicted molar refractivity (Wildman–Crippen MR) is 407 cm³/mol. The van der Waals surface area contributed by atoms with Crippen LogP contribution in [-0.2, 0) is 64.5 Å². The van der Waals surface area contributed by atoms with Gasteiger partial charge in [0.05, 0.1) is 38.1 Å². The van der Waals surface area contributed by atoms with Crippen molar-refractivity contribution >= 4 is 73.9 Å². The number of nitrogens with zero attached hydrogens (tertiary/aromatic N) is 4. The second kappa shape index (κ2) is 31.9. The van der Waals surface area contributed by atoms with Crippen molar-refractivity contribution in [3.63, 3.8) is 0 Å². The lowest BCUT2D eigenvalue weighted by Gasteiger charge is -2.46. The molecule has 0 radical (unpaired) electrons. The van der Waals surface area contributed by atoms with Gasteiger partial charge in [0.1, 0.15) is 17.2 Å². The second-order valence-electron chi connectivity index (χ2n) is 31.2. The third-order valence-electron chi connectivity index (χ3n) is 25.0. The molecule has 6 saturated carbocycles. The molecule has 3 amide bonds. The first-order valence-corrected chi connectivity index (χ1v) is 40.4. The summed E-state index contributed by atoms with van der Waals surface area (Å²) in [5.74, 6) is 5.25. The number of methoxy groups -OCH3 is 3. The van der Waals surface area contributed by atoms with Gasteiger partial charge in [-0.05, 0) is 281 Å². The minimum absolute atomic E-state index is 0.0125. The predicted octanol–water partition coefficient (Wildman–Crippen LogP) is 14.6. The lowest BCUT2D eigenvalue weighted by atomic mass is 9.61. The maximum Gasteiger partial charge on any atom is 0.262 e. The number of nitrogens with two attached hydrogens (primary N) is 2. The van der Waals surface area contributed by atoms with E-state index in [1.165, 1.54) is 68.7 Å². The van der Waals surface area contributed by atoms with Gasteiger partial charge in [-0.25, -0.2) is 9.98 Å². The summed E-state index contributed by atoms with van der Waals surface area (Å²) in [7, 11) is 6.88. The summed E-state index contributed by atoms with van der Waals surface area (Å²) in [6, 6.07) is 19.2. The molecule has 17 nitrogen and oxygen atoms in total. The maximum atomic E-state index is 14.7. The lowest BCUT2D eigenvalue weighted by molar-refractivity contribution is -0.140. The van der Waals surface area contributed by atoms with Gasteiger partial charge in [-0.2, -0.15) is 0 Å². The monoisotopic (exact) mass is 1480 g/mol. The van der Waals surface area contributed by atoms with Crippen molar-refractivity contribution in [3.8, 4) is 17.2 Å². The van der Waals surface area contributed by atoms with Crippen LogP contribution >= 0.6 is 39.9 Å². The smallest absolute Gasteiger partial charge is 0.262 e. The Hall–Kier alpha value is -4.83. The van der Waals surface area contributed by atoms with E-state index in [0.717, 1.165) is 175 Å². The molecule has 1 saturated heterocycles. The summed E-state index contributed by atoms with van der Waals surface area (Å²) in [6.45, 7) is 19.5. The number of nitrogens with one attached hydrogen (secondary N) is 2. The van der Waals surface area contributed by atoms with E-state index in [1.807, 2.05) is 12.0 Å². The number of alkyl halides is 1. The van der Waals surface area contributed by atoms with E-state index < -0.39 is 16.6 Å². The van der Waals surface area contributed by atoms with E-state index in [2.05, 4.69) is 142 Å². The van der Waals surface area contributed by atoms with Crippen molar-refractivity contribution in [1.82, 2.24) is 20.4 Å². The van der Waals surface area contributed by atoms with Crippen molar-refractivity contribution in [3.05, 3.63) is 88.0 Å². The molecule has 3 aromatic rings. The Morgan fingerprint density at radius 2 is 0.920 bits per heavy atom. The molecule has 12 aliphatic rings. The number of amides is 3. The molecule has 15 rings (SSSR count). The molecule has 3 heterocycles. The summed E-state index contributed by atoms with van der Waals surface area (Å²) < 4.78 is 35.3. The van der Waals surface area contributed by atoms with E-state index in [1.54, 1.807) is 30.9 Å². The minimum atomic E-state index is -0.937. The number of benzene rings is 3. The number of carbonyl (C=O) groups is 3. The first-order chi connectivity index (χ1) is 48.1. The first kappa shape index (κ1) is 76.3. The van der Waals surface area contributed by atoms with Gasteiger partial charge >= 0.3 is 0 Å². The zero-order valence-corrected chi connectivity index (χ0v) is 65.3. The van der Waals surface area contributed by atoms with E-state index in [4.69, 9.17) is 56.4 Å². The lowest BCUT2D eigenvalue weighted by Crippen LogP contribution is -2.56. The Kier molecular flexibility index (Phi) is 24.3. The molecular weight excluding hydrogens is 1360 g/mol. The summed E-state index contributed by atoms with van der Waals surface area (Å²) in [6.07, 6.45) is 26.5. The molecule has 7 fully saturated rings. The summed E-state index contributed by atoms with van der Waals surface area (Å²) in [5, 5.41) is 8.05. The van der Waals surface area contributed by atoms with Gasteiger partial charge in [0.2, 0.25) is 0 Å². The van der Waals surface area contributed by atoms with Crippen LogP contribution < -0.4 is 36.3 Å². The van der Waals surface area contributed by atoms with Crippen LogP contribution in [0.4, 0.5) is 0 Å². The normalized spacial score (nSPS) is 31.5. The Morgan fingerprint density at radius 3 is 1.29 bits per heavy atom. The molecule has 100 heavy (non-hydrogen) atoms. The number of thiocarbonyl (C=S) groups is 1. The number of amidine groups is 1. The van der Waals surface area contributed by atoms with Crippen molar-refractivity contribution in [1.29, 1.82) is 0 Å². The summed E-state index contributed by atoms with van der Waals surface area (Å²) in [4.78, 5) is 57.2. The molecular formula is C80H117BrN8O9S2. The van der Waals surface area contributed by atoms with Crippen molar-refractivity contribution in [2.45, 2.75) is 273 Å². The number of fused-ring (bicyclic) bond motifs is 9. The quantitative estimate of drug-likeness (QED) is 0.0649. The van der Waals surface area contributed by atoms with Crippen LogP contribution in [-0.4, -0.2) is 132 Å². The largest absolute Gasteiger partial charge is 0.493 e. The van der Waals surface area contributed by atoms with Crippen LogP contribution in [0.5, 0.6) is 17.2 Å². The van der Waals surface area contributed by atoms with E-state index in [9.17, 15) is 14.4 Å². The van der Waals surface area contributed by atoms with Gasteiger partial charge in [-0.15, -0.1) is 0 Å². The van der Waals surface area contributed by atoms with Crippen LogP contribution in [0.25, 0.3) is 0 Å². The van der Waals surface area contributed by atoms with Crippen LogP contribution in [0.1, 0.15) is 230 Å². The SMILES string of the molecule is CCC(C)Br.CCC(C)N1C(=O)C2(N=C1N)c1cc(OCC3CC3)ccc1CC21CCC(OC)CC1.CCC(C)SC1=NC2(C(=O)N1C(C)CC)c1cc(OCC3CC3)ccc1CC21CCC(OC)CC1.CN.COC1CCC2(CC1)Cc1ccc(OCC3CC3)cc1C21NC(=S)NC1=O. The van der Waals surface area contributed by atoms with Gasteiger partial charge < -0.3 is 50.5 Å². The van der Waals surface area contributed by atoms with E-state index in [0.29, 0.717) is 38.9 Å². The van der Waals surface area contributed by atoms with Gasteiger partial charge in [-0.3, -0.25) is 24.2 Å². The molecule has 550 valence electrons. The first-order valence-electron chi connectivity index (χ1n) is 38.2. The van der Waals surface area contributed by atoms with Gasteiger partial charge in [0.25, 0.3) is 17.7 Å². The average molecular weight is 1480 g/mol. The molecule has 3 aromatic carbocycles. The van der Waals surface area contributed by atoms with Crippen LogP contribution in [0.2, 0.25) is 0 Å². The van der Waals surface area contributed by atoms with Crippen molar-refractivity contribution in [2.75, 3.05) is 48.2 Å². The molecule has 7 atom stereocenters. The van der Waals surface area contributed by atoms with Crippen molar-refractivity contribution < 1.29 is 42.8 Å². The summed E-state index contributed by atoms with van der Waals surface area (Å²) >= 11 is 10.5. The molecule has 3 aliphatic heterocycles. The molecule has 6 N–H and O–H groups in total. The highest BCUT2D eigenvalue weighted by Crippen LogP contribution is 2.65. The highest BCUT2D eigenvalue weighted by atomic mass is 79.9. The summed E-state index contributed by atoms with van der Waals surface area (Å²) in [5.41, 5.74) is 14.6. The van der Waals surface area contributed by atoms with Crippen LogP contribution in [0.3, 0.4) is 0 Å². The second-order valence-corrected chi connectivity index (χ2v) is 34.6. The molecule has 0 aromatic heterocycles. The highest BCUT2D eigenvalue weighted by Gasteiger charge is 2.70. The van der Waals surface area contributed by atoms with E-state index in [-0.39, 0.29) is 64.4 Å². The van der Waals surface area contributed by atoms with Gasteiger partial charge in [-0.1, -0.05) is 87.4 Å². The number of carbonyl (C=O) groups excluding carboxylic acids is 3. The van der Waals surface area contributed by atoms with Gasteiger partial charge in [0, 0.05) is 59.7 Å². The fourth-order valence-corrected chi connectivity index (χ4v) is 19.0. The number of rotatable bonds is 19. The zero-order chi connectivity index (χ0) is 71.5. The standard InChI is InChI=1S/C29H42N2O3S.C25H35N3O3.C21H26N2O3S.C4H9Br.CH5N/c1-6-19(3)31-26(32)29(30-27(31)35-20(4)7-2)25-16-24(34-18-21-8-9-21)11-10-22(25)17-28(29)14-12-23(33-5)13-15-28;1-4-16(2)28-22(29)25(27-23(28)26)21-13-20(31-15-17-5-6-17)8-7-18(21)14-24(25)11-9-19(30-3)10-12-24;1-25-15-6-8-20(9-7-15)11-14-4-5-16(26-12-13-2-3-13)10-17(14)21(20)18(24)22-19(27)23-21;1-3-4(2)5;1-2/h10-11,16,19-21,23H,6-9,12-15,17-18H2,1-5H3;7-8,13,16-17,19H,4-6,9-12,14-15H2,1-3H3,(H2,26,27);4-5,10,13,15H,2-3,6-9,11-12H2,1H3,(H2,22,23,24,27);4H,3H2,1-2H3;2H2,1H3. The van der Waals surface area contributed by atoms with Gasteiger partial charge in [0.15, 0.2) is 32.9 Å². The van der Waals surface area contributed by atoms with E-state index >= 15 is 0 Å². The Bertz CT molecular complexity index is 3460. The zero-order valence-electron chi connectivity index (χ0n) is 62.1. The maximum absolute atomic E-state index is 14.7. The fraction of sp³-hybridized carbons (Fsp3) is 0.700. The van der Waals surface area contributed by atoms with Crippen LogP contribution in [0.15, 0.2) is 64.6 Å². The molecule has 9 aliphatic carbocycles. The average Bonchev–Trinajstić information content (AvgIpc) is 1.53. The Balaban J connectivity index is 0.000000145.